The number of nitrogens with one attached hydrogen (secondary N) is 1. The molecule has 1 N–H and O–H groups in total. The zero-order valence-electron chi connectivity index (χ0n) is 17.1. The number of carbonyl (C=O) groups excluding carboxylic acids is 1. The van der Waals surface area contributed by atoms with Gasteiger partial charge in [-0.25, -0.2) is 8.42 Å². The third-order valence-electron chi connectivity index (χ3n) is 4.16. The van der Waals surface area contributed by atoms with Crippen molar-refractivity contribution in [1.29, 1.82) is 0 Å². The number of anilines is 2. The van der Waals surface area contributed by atoms with Gasteiger partial charge in [0, 0.05) is 6.07 Å². The fraction of sp³-hybridized carbons (Fsp3) is 0.350. The molecule has 0 aliphatic carbocycles. The summed E-state index contributed by atoms with van der Waals surface area (Å²) in [6, 6.07) is 10.4. The Labute approximate surface area is 171 Å². The molecule has 0 spiro atoms. The molecule has 0 bridgehead atoms. The SMILES string of the molecule is CCOc1ccc(N([C@H](C)C(=O)Nc2ccc(OC)cc2OC)S(C)(=O)=O)cc1. The summed E-state index contributed by atoms with van der Waals surface area (Å²) in [4.78, 5) is 12.8. The van der Waals surface area contributed by atoms with E-state index in [4.69, 9.17) is 14.2 Å². The van der Waals surface area contributed by atoms with Gasteiger partial charge >= 0.3 is 0 Å². The van der Waals surface area contributed by atoms with Crippen molar-refractivity contribution < 1.29 is 27.4 Å². The quantitative estimate of drug-likeness (QED) is 0.668. The van der Waals surface area contributed by atoms with Crippen LogP contribution in [0, 0.1) is 0 Å². The zero-order valence-corrected chi connectivity index (χ0v) is 17.9. The third kappa shape index (κ3) is 5.54. The first-order valence-corrected chi connectivity index (χ1v) is 10.8. The van der Waals surface area contributed by atoms with Gasteiger partial charge in [-0.1, -0.05) is 0 Å². The average molecular weight is 423 g/mol. The molecule has 0 aliphatic heterocycles. The molecule has 2 aromatic rings. The maximum Gasteiger partial charge on any atom is 0.248 e. The molecular weight excluding hydrogens is 396 g/mol. The Morgan fingerprint density at radius 3 is 2.21 bits per heavy atom. The predicted octanol–water partition coefficient (Wildman–Crippen LogP) is 2.90. The maximum absolute atomic E-state index is 12.8. The van der Waals surface area contributed by atoms with E-state index in [1.807, 2.05) is 6.92 Å². The number of nitrogens with zero attached hydrogens (tertiary/aromatic N) is 1. The van der Waals surface area contributed by atoms with Crippen LogP contribution in [0.15, 0.2) is 42.5 Å². The fourth-order valence-corrected chi connectivity index (χ4v) is 3.98. The summed E-state index contributed by atoms with van der Waals surface area (Å²) in [7, 11) is -0.733. The first kappa shape index (κ1) is 22.4. The Balaban J connectivity index is 2.30. The first-order chi connectivity index (χ1) is 13.7. The Kier molecular flexibility index (Phi) is 7.33. The van der Waals surface area contributed by atoms with E-state index in [1.54, 1.807) is 42.5 Å². The number of rotatable bonds is 9. The zero-order chi connectivity index (χ0) is 21.6. The molecule has 0 aromatic heterocycles. The molecule has 0 fully saturated rings. The number of carbonyl (C=O) groups is 1. The number of ether oxygens (including phenoxy) is 3. The second-order valence-electron chi connectivity index (χ2n) is 6.22. The molecule has 158 valence electrons. The molecule has 2 rings (SSSR count). The largest absolute Gasteiger partial charge is 0.497 e. The molecular formula is C20H26N2O6S. The van der Waals surface area contributed by atoms with Crippen LogP contribution >= 0.6 is 0 Å². The summed E-state index contributed by atoms with van der Waals surface area (Å²) in [6.07, 6.45) is 1.06. The van der Waals surface area contributed by atoms with E-state index in [0.717, 1.165) is 10.6 Å². The summed E-state index contributed by atoms with van der Waals surface area (Å²) in [6.45, 7) is 3.87. The molecule has 0 heterocycles. The van der Waals surface area contributed by atoms with Gasteiger partial charge in [0.15, 0.2) is 0 Å². The fourth-order valence-electron chi connectivity index (χ4n) is 2.80. The van der Waals surface area contributed by atoms with Crippen molar-refractivity contribution in [3.63, 3.8) is 0 Å². The molecule has 9 heteroatoms. The number of amides is 1. The molecule has 0 saturated heterocycles. The van der Waals surface area contributed by atoms with Crippen LogP contribution in [0.1, 0.15) is 13.8 Å². The van der Waals surface area contributed by atoms with Crippen LogP contribution in [0.5, 0.6) is 17.2 Å². The van der Waals surface area contributed by atoms with E-state index in [0.29, 0.717) is 35.2 Å². The minimum atomic E-state index is -3.73. The molecule has 1 atom stereocenters. The van der Waals surface area contributed by atoms with Crippen molar-refractivity contribution >= 4 is 27.3 Å². The molecule has 0 radical (unpaired) electrons. The highest BCUT2D eigenvalue weighted by Crippen LogP contribution is 2.30. The number of hydrogen-bond donors (Lipinski definition) is 1. The van der Waals surface area contributed by atoms with Crippen molar-refractivity contribution in [2.45, 2.75) is 19.9 Å². The average Bonchev–Trinajstić information content (AvgIpc) is 2.68. The maximum atomic E-state index is 12.8. The van der Waals surface area contributed by atoms with E-state index in [2.05, 4.69) is 5.32 Å². The second kappa shape index (κ2) is 9.51. The van der Waals surface area contributed by atoms with Gasteiger partial charge in [-0.3, -0.25) is 9.10 Å². The Hall–Kier alpha value is -2.94. The Bertz CT molecular complexity index is 944. The number of methoxy groups -OCH3 is 2. The van der Waals surface area contributed by atoms with Gasteiger partial charge in [0.05, 0.1) is 38.5 Å². The minimum absolute atomic E-state index is 0.361. The van der Waals surface area contributed by atoms with Gasteiger partial charge in [0.2, 0.25) is 15.9 Å². The van der Waals surface area contributed by atoms with Crippen molar-refractivity contribution in [3.8, 4) is 17.2 Å². The van der Waals surface area contributed by atoms with Crippen molar-refractivity contribution in [2.24, 2.45) is 0 Å². The second-order valence-corrected chi connectivity index (χ2v) is 8.08. The van der Waals surface area contributed by atoms with Gasteiger partial charge in [0.1, 0.15) is 23.3 Å². The lowest BCUT2D eigenvalue weighted by Gasteiger charge is -2.28. The van der Waals surface area contributed by atoms with Gasteiger partial charge in [-0.2, -0.15) is 0 Å². The predicted molar refractivity (Wildman–Crippen MR) is 113 cm³/mol. The van der Waals surface area contributed by atoms with Gasteiger partial charge < -0.3 is 19.5 Å². The highest BCUT2D eigenvalue weighted by Gasteiger charge is 2.29. The van der Waals surface area contributed by atoms with Crippen LogP contribution in [-0.4, -0.2) is 47.4 Å². The number of sulfonamides is 1. The van der Waals surface area contributed by atoms with E-state index < -0.39 is 22.0 Å². The van der Waals surface area contributed by atoms with Crippen molar-refractivity contribution in [1.82, 2.24) is 0 Å². The molecule has 29 heavy (non-hydrogen) atoms. The van der Waals surface area contributed by atoms with Gasteiger partial charge in [-0.05, 0) is 50.2 Å². The minimum Gasteiger partial charge on any atom is -0.497 e. The normalized spacial score (nSPS) is 12.0. The lowest BCUT2D eigenvalue weighted by Crippen LogP contribution is -2.45. The smallest absolute Gasteiger partial charge is 0.248 e. The van der Waals surface area contributed by atoms with Crippen LogP contribution in [0.2, 0.25) is 0 Å². The summed E-state index contributed by atoms with van der Waals surface area (Å²) in [5.41, 5.74) is 0.769. The summed E-state index contributed by atoms with van der Waals surface area (Å²) >= 11 is 0. The molecule has 0 saturated carbocycles. The summed E-state index contributed by atoms with van der Waals surface area (Å²) < 4.78 is 41.7. The van der Waals surface area contributed by atoms with Crippen LogP contribution in [0.3, 0.4) is 0 Å². The van der Waals surface area contributed by atoms with E-state index in [-0.39, 0.29) is 0 Å². The lowest BCUT2D eigenvalue weighted by molar-refractivity contribution is -0.116. The van der Waals surface area contributed by atoms with Gasteiger partial charge in [0.25, 0.3) is 0 Å². The third-order valence-corrected chi connectivity index (χ3v) is 5.40. The van der Waals surface area contributed by atoms with Crippen molar-refractivity contribution in [3.05, 3.63) is 42.5 Å². The molecule has 1 amide bonds. The standard InChI is InChI=1S/C20H26N2O6S/c1-6-28-16-9-7-15(8-10-16)22(29(5,24)25)14(2)20(23)21-18-12-11-17(26-3)13-19(18)27-4/h7-14H,6H2,1-5H3,(H,21,23)/t14-/m1/s1. The highest BCUT2D eigenvalue weighted by molar-refractivity contribution is 7.92. The molecule has 2 aromatic carbocycles. The summed E-state index contributed by atoms with van der Waals surface area (Å²) in [5, 5.41) is 2.72. The number of benzene rings is 2. The van der Waals surface area contributed by atoms with E-state index in [1.165, 1.54) is 21.1 Å². The lowest BCUT2D eigenvalue weighted by atomic mass is 10.2. The Morgan fingerprint density at radius 1 is 1.07 bits per heavy atom. The van der Waals surface area contributed by atoms with Crippen molar-refractivity contribution in [2.75, 3.05) is 36.7 Å². The van der Waals surface area contributed by atoms with E-state index in [9.17, 15) is 13.2 Å². The van der Waals surface area contributed by atoms with Crippen LogP contribution < -0.4 is 23.8 Å². The first-order valence-electron chi connectivity index (χ1n) is 8.96. The molecule has 0 aliphatic rings. The van der Waals surface area contributed by atoms with Gasteiger partial charge in [-0.15, -0.1) is 0 Å². The number of hydrogen-bond acceptors (Lipinski definition) is 6. The van der Waals surface area contributed by atoms with Crippen LogP contribution in [0.4, 0.5) is 11.4 Å². The Morgan fingerprint density at radius 2 is 1.69 bits per heavy atom. The topological polar surface area (TPSA) is 94.2 Å². The van der Waals surface area contributed by atoms with E-state index >= 15 is 0 Å². The molecule has 8 nitrogen and oxygen atoms in total. The monoisotopic (exact) mass is 422 g/mol. The van der Waals surface area contributed by atoms with Crippen LogP contribution in [-0.2, 0) is 14.8 Å². The highest BCUT2D eigenvalue weighted by atomic mass is 32.2. The molecule has 0 unspecified atom stereocenters. The van der Waals surface area contributed by atoms with Crippen LogP contribution in [0.25, 0.3) is 0 Å². The summed E-state index contributed by atoms with van der Waals surface area (Å²) in [5.74, 6) is 1.08.